The Morgan fingerprint density at radius 3 is 2.78 bits per heavy atom. The summed E-state index contributed by atoms with van der Waals surface area (Å²) in [5.74, 6) is 1.83. The maximum Gasteiger partial charge on any atom is 0.166 e. The van der Waals surface area contributed by atoms with Crippen molar-refractivity contribution in [3.63, 3.8) is 0 Å². The molecule has 0 radical (unpaired) electrons. The van der Waals surface area contributed by atoms with E-state index in [0.717, 1.165) is 51.3 Å². The molecule has 0 bridgehead atoms. The molecule has 6 aromatic rings. The molecule has 6 heterocycles. The molecule has 0 unspecified atom stereocenters. The van der Waals surface area contributed by atoms with Crippen LogP contribution in [0.25, 0.3) is 50.7 Å². The lowest BCUT2D eigenvalue weighted by atomic mass is 10.1. The van der Waals surface area contributed by atoms with Crippen molar-refractivity contribution in [1.82, 2.24) is 44.7 Å². The number of allylic oxidation sites excluding steroid dienone is 1. The van der Waals surface area contributed by atoms with Gasteiger partial charge in [-0.2, -0.15) is 5.10 Å². The second-order valence-corrected chi connectivity index (χ2v) is 9.49. The molecule has 0 atom stereocenters. The average molecular weight is 491 g/mol. The topological polar surface area (TPSA) is 126 Å². The van der Waals surface area contributed by atoms with Gasteiger partial charge in [0.25, 0.3) is 0 Å². The first-order valence-electron chi connectivity index (χ1n) is 12.1. The van der Waals surface area contributed by atoms with Crippen molar-refractivity contribution >= 4 is 27.8 Å². The van der Waals surface area contributed by atoms with Crippen molar-refractivity contribution in [2.45, 2.75) is 27.2 Å². The SMILES string of the molecule is C=C(CC(C)C)Nc1cncc(-c2ccc3[nH]nc(-c4nc5c(-n6cnc(C)c6)nccc5[nH]4)c3n2)c1. The van der Waals surface area contributed by atoms with Gasteiger partial charge in [-0.05, 0) is 43.5 Å². The number of H-pyrrole nitrogens is 2. The van der Waals surface area contributed by atoms with Gasteiger partial charge in [-0.1, -0.05) is 20.4 Å². The van der Waals surface area contributed by atoms with E-state index in [2.05, 4.69) is 55.9 Å². The van der Waals surface area contributed by atoms with E-state index in [1.807, 2.05) is 42.0 Å². The molecule has 0 aliphatic heterocycles. The first kappa shape index (κ1) is 22.6. The van der Waals surface area contributed by atoms with Gasteiger partial charge < -0.3 is 10.3 Å². The number of hydrogen-bond acceptors (Lipinski definition) is 7. The highest BCUT2D eigenvalue weighted by molar-refractivity contribution is 5.92. The first-order chi connectivity index (χ1) is 17.9. The monoisotopic (exact) mass is 490 g/mol. The standard InChI is InChI=1S/C27H26N10/c1-15(2)9-16(3)31-19-10-18(11-28-12-19)20-5-6-22-23(32-20)25(36-35-22)26-33-21-7-8-29-27(24(21)34-26)37-13-17(4)30-14-37/h5-8,10-15,31H,3,9H2,1-2,4H3,(H,33,34)(H,35,36). The summed E-state index contributed by atoms with van der Waals surface area (Å²) >= 11 is 0. The second-order valence-electron chi connectivity index (χ2n) is 9.49. The molecular formula is C27H26N10. The van der Waals surface area contributed by atoms with Crippen molar-refractivity contribution in [3.8, 4) is 28.6 Å². The van der Waals surface area contributed by atoms with E-state index in [9.17, 15) is 0 Å². The molecule has 0 spiro atoms. The summed E-state index contributed by atoms with van der Waals surface area (Å²) in [5.41, 5.74) is 8.16. The Bertz CT molecular complexity index is 1750. The lowest BCUT2D eigenvalue weighted by molar-refractivity contribution is 0.645. The van der Waals surface area contributed by atoms with Gasteiger partial charge in [-0.15, -0.1) is 0 Å². The zero-order chi connectivity index (χ0) is 25.5. The number of nitrogens with zero attached hydrogens (tertiary/aromatic N) is 7. The van der Waals surface area contributed by atoms with Crippen molar-refractivity contribution < 1.29 is 0 Å². The number of aromatic amines is 2. The predicted octanol–water partition coefficient (Wildman–Crippen LogP) is 5.42. The van der Waals surface area contributed by atoms with Crippen molar-refractivity contribution in [3.05, 3.63) is 73.4 Å². The number of hydrogen-bond donors (Lipinski definition) is 3. The molecule has 184 valence electrons. The molecule has 0 amide bonds. The summed E-state index contributed by atoms with van der Waals surface area (Å²) < 4.78 is 1.87. The Balaban J connectivity index is 1.38. The van der Waals surface area contributed by atoms with Crippen LogP contribution in [0.5, 0.6) is 0 Å². The van der Waals surface area contributed by atoms with Gasteiger partial charge in [0.15, 0.2) is 17.3 Å². The molecule has 3 N–H and O–H groups in total. The Morgan fingerprint density at radius 1 is 1.08 bits per heavy atom. The van der Waals surface area contributed by atoms with Gasteiger partial charge >= 0.3 is 0 Å². The number of fused-ring (bicyclic) bond motifs is 2. The summed E-state index contributed by atoms with van der Waals surface area (Å²) in [7, 11) is 0. The van der Waals surface area contributed by atoms with Gasteiger partial charge in [0.05, 0.1) is 34.3 Å². The third kappa shape index (κ3) is 4.33. The fraction of sp³-hybridized carbons (Fsp3) is 0.185. The molecule has 0 saturated heterocycles. The van der Waals surface area contributed by atoms with Crippen LogP contribution in [0.3, 0.4) is 0 Å². The number of nitrogens with one attached hydrogen (secondary N) is 3. The number of pyridine rings is 3. The number of anilines is 1. The molecule has 0 fully saturated rings. The van der Waals surface area contributed by atoms with E-state index >= 15 is 0 Å². The first-order valence-corrected chi connectivity index (χ1v) is 12.1. The van der Waals surface area contributed by atoms with Crippen molar-refractivity contribution in [2.24, 2.45) is 5.92 Å². The molecule has 0 aliphatic carbocycles. The molecule has 0 aliphatic rings. The lowest BCUT2D eigenvalue weighted by Crippen LogP contribution is -2.02. The molecule has 10 nitrogen and oxygen atoms in total. The summed E-state index contributed by atoms with van der Waals surface area (Å²) in [6.07, 6.45) is 9.89. The van der Waals surface area contributed by atoms with Gasteiger partial charge in [-0.3, -0.25) is 14.6 Å². The van der Waals surface area contributed by atoms with Gasteiger partial charge in [0, 0.05) is 29.9 Å². The highest BCUT2D eigenvalue weighted by atomic mass is 15.2. The van der Waals surface area contributed by atoms with Crippen LogP contribution < -0.4 is 5.32 Å². The van der Waals surface area contributed by atoms with Crippen LogP contribution >= 0.6 is 0 Å². The highest BCUT2D eigenvalue weighted by Crippen LogP contribution is 2.29. The van der Waals surface area contributed by atoms with E-state index in [0.29, 0.717) is 28.8 Å². The molecule has 10 heteroatoms. The van der Waals surface area contributed by atoms with E-state index in [4.69, 9.17) is 9.97 Å². The molecule has 0 saturated carbocycles. The lowest BCUT2D eigenvalue weighted by Gasteiger charge is -2.12. The Kier molecular flexibility index (Phi) is 5.48. The highest BCUT2D eigenvalue weighted by Gasteiger charge is 2.17. The molecule has 37 heavy (non-hydrogen) atoms. The van der Waals surface area contributed by atoms with Crippen LogP contribution in [0.4, 0.5) is 5.69 Å². The van der Waals surface area contributed by atoms with Gasteiger partial charge in [0.1, 0.15) is 17.4 Å². The van der Waals surface area contributed by atoms with Crippen molar-refractivity contribution in [1.29, 1.82) is 0 Å². The summed E-state index contributed by atoms with van der Waals surface area (Å²) in [4.78, 5) is 26.4. The number of rotatable bonds is 7. The third-order valence-electron chi connectivity index (χ3n) is 5.98. The smallest absolute Gasteiger partial charge is 0.166 e. The summed E-state index contributed by atoms with van der Waals surface area (Å²) in [6.45, 7) is 10.4. The zero-order valence-electron chi connectivity index (χ0n) is 20.8. The van der Waals surface area contributed by atoms with Gasteiger partial charge in [-0.25, -0.2) is 19.9 Å². The summed E-state index contributed by atoms with van der Waals surface area (Å²) in [6, 6.07) is 7.84. The zero-order valence-corrected chi connectivity index (χ0v) is 20.8. The van der Waals surface area contributed by atoms with Crippen LogP contribution in [-0.4, -0.2) is 44.7 Å². The maximum absolute atomic E-state index is 4.93. The van der Waals surface area contributed by atoms with Crippen LogP contribution in [0.1, 0.15) is 26.0 Å². The third-order valence-corrected chi connectivity index (χ3v) is 5.98. The van der Waals surface area contributed by atoms with E-state index in [-0.39, 0.29) is 0 Å². The molecule has 6 rings (SSSR count). The van der Waals surface area contributed by atoms with E-state index in [1.165, 1.54) is 0 Å². The molecular weight excluding hydrogens is 464 g/mol. The van der Waals surface area contributed by atoms with Crippen LogP contribution in [-0.2, 0) is 0 Å². The minimum atomic E-state index is 0.522. The maximum atomic E-state index is 4.93. The molecule has 0 aromatic carbocycles. The number of aryl methyl sites for hydroxylation is 1. The average Bonchev–Trinajstić information content (AvgIpc) is 3.60. The number of aromatic nitrogens is 9. The number of imidazole rings is 2. The fourth-order valence-electron chi connectivity index (χ4n) is 4.38. The van der Waals surface area contributed by atoms with Crippen LogP contribution in [0.15, 0.2) is 67.7 Å². The van der Waals surface area contributed by atoms with Crippen LogP contribution in [0, 0.1) is 12.8 Å². The van der Waals surface area contributed by atoms with E-state index in [1.54, 1.807) is 24.9 Å². The Labute approximate surface area is 213 Å². The predicted molar refractivity (Wildman–Crippen MR) is 144 cm³/mol. The largest absolute Gasteiger partial charge is 0.358 e. The molecule has 6 aromatic heterocycles. The minimum absolute atomic E-state index is 0.522. The Morgan fingerprint density at radius 2 is 1.97 bits per heavy atom. The van der Waals surface area contributed by atoms with Gasteiger partial charge in [0.2, 0.25) is 0 Å². The second kappa shape index (κ2) is 8.98. The van der Waals surface area contributed by atoms with E-state index < -0.39 is 0 Å². The fourth-order valence-corrected chi connectivity index (χ4v) is 4.38. The summed E-state index contributed by atoms with van der Waals surface area (Å²) in [5, 5.41) is 11.0. The minimum Gasteiger partial charge on any atom is -0.358 e. The quantitative estimate of drug-likeness (QED) is 0.273. The van der Waals surface area contributed by atoms with Crippen LogP contribution in [0.2, 0.25) is 0 Å². The normalized spacial score (nSPS) is 11.6. The Hall–Kier alpha value is -4.86. The van der Waals surface area contributed by atoms with Crippen molar-refractivity contribution in [2.75, 3.05) is 5.32 Å².